The first-order chi connectivity index (χ1) is 12.4. The summed E-state index contributed by atoms with van der Waals surface area (Å²) in [6, 6.07) is 11.9. The number of aryl methyl sites for hydroxylation is 1. The summed E-state index contributed by atoms with van der Waals surface area (Å²) in [6.45, 7) is 8.26. The highest BCUT2D eigenvalue weighted by atomic mass is 32.2. The van der Waals surface area contributed by atoms with E-state index in [0.717, 1.165) is 33.2 Å². The van der Waals surface area contributed by atoms with Crippen molar-refractivity contribution < 1.29 is 4.79 Å². The molecule has 0 radical (unpaired) electrons. The van der Waals surface area contributed by atoms with Gasteiger partial charge in [-0.2, -0.15) is 0 Å². The van der Waals surface area contributed by atoms with Crippen molar-refractivity contribution in [2.24, 2.45) is 7.05 Å². The molecule has 134 valence electrons. The second-order valence-corrected chi connectivity index (χ2v) is 7.50. The second kappa shape index (κ2) is 7.46. The van der Waals surface area contributed by atoms with Crippen LogP contribution in [0.25, 0.3) is 11.4 Å². The number of hydrogen-bond acceptors (Lipinski definition) is 4. The van der Waals surface area contributed by atoms with E-state index in [2.05, 4.69) is 31.0 Å². The molecule has 0 bridgehead atoms. The smallest absolute Gasteiger partial charge is 0.191 e. The van der Waals surface area contributed by atoms with Crippen LogP contribution in [0.1, 0.15) is 32.6 Å². The normalized spacial score (nSPS) is 11.0. The van der Waals surface area contributed by atoms with Gasteiger partial charge in [0, 0.05) is 18.2 Å². The molecule has 0 aliphatic rings. The highest BCUT2D eigenvalue weighted by molar-refractivity contribution is 7.99. The van der Waals surface area contributed by atoms with Gasteiger partial charge in [0.05, 0.1) is 5.75 Å². The predicted molar refractivity (Wildman–Crippen MR) is 107 cm³/mol. The third-order valence-corrected chi connectivity index (χ3v) is 6.00. The monoisotopic (exact) mass is 365 g/mol. The van der Waals surface area contributed by atoms with Crippen molar-refractivity contribution in [1.29, 1.82) is 0 Å². The molecule has 0 unspecified atom stereocenters. The van der Waals surface area contributed by atoms with Gasteiger partial charge in [-0.1, -0.05) is 42.1 Å². The summed E-state index contributed by atoms with van der Waals surface area (Å²) in [5.41, 5.74) is 6.51. The second-order valence-electron chi connectivity index (χ2n) is 6.56. The van der Waals surface area contributed by atoms with Crippen LogP contribution in [-0.2, 0) is 7.05 Å². The highest BCUT2D eigenvalue weighted by Crippen LogP contribution is 2.26. The molecule has 0 fully saturated rings. The minimum Gasteiger partial charge on any atom is -0.305 e. The number of ketones is 1. The average molecular weight is 366 g/mol. The summed E-state index contributed by atoms with van der Waals surface area (Å²) in [5.74, 6) is 1.28. The molecule has 1 aromatic heterocycles. The zero-order valence-electron chi connectivity index (χ0n) is 15.8. The molecule has 0 N–H and O–H groups in total. The summed E-state index contributed by atoms with van der Waals surface area (Å²) in [6.07, 6.45) is 0. The molecule has 0 saturated carbocycles. The molecule has 0 saturated heterocycles. The maximum Gasteiger partial charge on any atom is 0.191 e. The van der Waals surface area contributed by atoms with E-state index >= 15 is 0 Å². The number of carbonyl (C=O) groups is 1. The van der Waals surface area contributed by atoms with Gasteiger partial charge in [0.1, 0.15) is 0 Å². The number of hydrogen-bond donors (Lipinski definition) is 0. The van der Waals surface area contributed by atoms with Crippen LogP contribution in [0.5, 0.6) is 0 Å². The topological polar surface area (TPSA) is 47.8 Å². The van der Waals surface area contributed by atoms with Gasteiger partial charge in [0.2, 0.25) is 0 Å². The Bertz CT molecular complexity index is 961. The third-order valence-electron chi connectivity index (χ3n) is 4.98. The Balaban J connectivity index is 1.78. The van der Waals surface area contributed by atoms with Gasteiger partial charge in [-0.25, -0.2) is 0 Å². The van der Waals surface area contributed by atoms with Gasteiger partial charge in [-0.3, -0.25) is 4.79 Å². The summed E-state index contributed by atoms with van der Waals surface area (Å²) in [7, 11) is 1.93. The van der Waals surface area contributed by atoms with Gasteiger partial charge in [0.25, 0.3) is 0 Å². The Morgan fingerprint density at radius 1 is 1.00 bits per heavy atom. The average Bonchev–Trinajstić information content (AvgIpc) is 3.02. The number of nitrogens with zero attached hydrogens (tertiary/aromatic N) is 3. The van der Waals surface area contributed by atoms with E-state index in [-0.39, 0.29) is 5.78 Å². The number of rotatable bonds is 5. The summed E-state index contributed by atoms with van der Waals surface area (Å²) in [5, 5.41) is 9.27. The van der Waals surface area contributed by atoms with E-state index < -0.39 is 0 Å². The molecule has 3 aromatic rings. The summed E-state index contributed by atoms with van der Waals surface area (Å²) < 4.78 is 1.94. The zero-order chi connectivity index (χ0) is 18.8. The predicted octanol–water partition coefficient (Wildman–Crippen LogP) is 4.69. The van der Waals surface area contributed by atoms with Crippen LogP contribution >= 0.6 is 11.8 Å². The van der Waals surface area contributed by atoms with Gasteiger partial charge < -0.3 is 4.57 Å². The van der Waals surface area contributed by atoms with Crippen LogP contribution in [0, 0.1) is 27.7 Å². The van der Waals surface area contributed by atoms with Crippen molar-refractivity contribution in [1.82, 2.24) is 14.8 Å². The maximum absolute atomic E-state index is 12.8. The van der Waals surface area contributed by atoms with Crippen molar-refractivity contribution in [3.05, 3.63) is 64.2 Å². The fourth-order valence-corrected chi connectivity index (χ4v) is 3.78. The number of Topliss-reactive ketones (excluding diaryl/α,β-unsaturated/α-hetero) is 1. The Morgan fingerprint density at radius 3 is 2.38 bits per heavy atom. The lowest BCUT2D eigenvalue weighted by Gasteiger charge is -2.13. The van der Waals surface area contributed by atoms with Crippen molar-refractivity contribution in [3.8, 4) is 11.4 Å². The lowest BCUT2D eigenvalue weighted by molar-refractivity contribution is 0.102. The van der Waals surface area contributed by atoms with E-state index in [9.17, 15) is 4.79 Å². The first-order valence-corrected chi connectivity index (χ1v) is 9.57. The number of benzene rings is 2. The maximum atomic E-state index is 12.8. The van der Waals surface area contributed by atoms with Crippen LogP contribution in [-0.4, -0.2) is 26.3 Å². The molecule has 0 aliphatic carbocycles. The molecule has 2 aromatic carbocycles. The molecule has 4 nitrogen and oxygen atoms in total. The van der Waals surface area contributed by atoms with Crippen LogP contribution in [0.4, 0.5) is 0 Å². The molecule has 0 spiro atoms. The first-order valence-electron chi connectivity index (χ1n) is 8.58. The van der Waals surface area contributed by atoms with Crippen molar-refractivity contribution in [2.45, 2.75) is 32.9 Å². The molecule has 26 heavy (non-hydrogen) atoms. The fourth-order valence-electron chi connectivity index (χ4n) is 2.99. The largest absolute Gasteiger partial charge is 0.305 e. The van der Waals surface area contributed by atoms with Crippen molar-refractivity contribution in [3.63, 3.8) is 0 Å². The lowest BCUT2D eigenvalue weighted by Crippen LogP contribution is -2.08. The minimum absolute atomic E-state index is 0.128. The molecule has 0 atom stereocenters. The minimum atomic E-state index is 0.128. The van der Waals surface area contributed by atoms with Crippen LogP contribution in [0.3, 0.4) is 0 Å². The molecule has 3 rings (SSSR count). The standard InChI is InChI=1S/C21H23N3OS/c1-13-11-18(16(4)15(3)14(13)2)19(25)12-26-21-23-22-20(24(21)5)17-9-7-6-8-10-17/h6-11H,12H2,1-5H3. The number of aromatic nitrogens is 3. The van der Waals surface area contributed by atoms with Crippen LogP contribution in [0.2, 0.25) is 0 Å². The highest BCUT2D eigenvalue weighted by Gasteiger charge is 2.17. The van der Waals surface area contributed by atoms with Gasteiger partial charge in [0.15, 0.2) is 16.8 Å². The zero-order valence-corrected chi connectivity index (χ0v) is 16.6. The van der Waals surface area contributed by atoms with Gasteiger partial charge in [-0.05, 0) is 56.0 Å². The number of thioether (sulfide) groups is 1. The molecule has 5 heteroatoms. The third kappa shape index (κ3) is 3.44. The SMILES string of the molecule is Cc1cc(C(=O)CSc2nnc(-c3ccccc3)n2C)c(C)c(C)c1C. The van der Waals surface area contributed by atoms with Crippen LogP contribution < -0.4 is 0 Å². The Kier molecular flexibility index (Phi) is 5.28. The quantitative estimate of drug-likeness (QED) is 0.486. The van der Waals surface area contributed by atoms with Crippen molar-refractivity contribution in [2.75, 3.05) is 5.75 Å². The summed E-state index contributed by atoms with van der Waals surface area (Å²) in [4.78, 5) is 12.8. The van der Waals surface area contributed by atoms with E-state index in [1.165, 1.54) is 22.9 Å². The van der Waals surface area contributed by atoms with Gasteiger partial charge >= 0.3 is 0 Å². The molecule has 0 amide bonds. The van der Waals surface area contributed by atoms with E-state index in [4.69, 9.17) is 0 Å². The lowest BCUT2D eigenvalue weighted by atomic mass is 9.93. The molecule has 0 aliphatic heterocycles. The fraction of sp³-hybridized carbons (Fsp3) is 0.286. The van der Waals surface area contributed by atoms with E-state index in [1.54, 1.807) is 0 Å². The van der Waals surface area contributed by atoms with Crippen molar-refractivity contribution >= 4 is 17.5 Å². The first kappa shape index (κ1) is 18.4. The number of carbonyl (C=O) groups excluding carboxylic acids is 1. The summed E-state index contributed by atoms with van der Waals surface area (Å²) >= 11 is 1.43. The Hall–Kier alpha value is -2.40. The Labute approximate surface area is 158 Å². The molecular formula is C21H23N3OS. The molecule has 1 heterocycles. The Morgan fingerprint density at radius 2 is 1.69 bits per heavy atom. The van der Waals surface area contributed by atoms with E-state index in [0.29, 0.717) is 5.75 Å². The van der Waals surface area contributed by atoms with E-state index in [1.807, 2.05) is 54.9 Å². The van der Waals surface area contributed by atoms with Gasteiger partial charge in [-0.15, -0.1) is 10.2 Å². The van der Waals surface area contributed by atoms with Crippen LogP contribution in [0.15, 0.2) is 41.6 Å². The molecular weight excluding hydrogens is 342 g/mol.